The largest absolute Gasteiger partial charge is 0.0795 e. The maximum Gasteiger partial charge on any atom is 0.0259 e. The van der Waals surface area contributed by atoms with Crippen LogP contribution >= 0.6 is 15.9 Å². The van der Waals surface area contributed by atoms with Crippen molar-refractivity contribution in [3.05, 3.63) is 62.1 Å². The Morgan fingerprint density at radius 2 is 1.50 bits per heavy atom. The lowest BCUT2D eigenvalue weighted by atomic mass is 9.88. The van der Waals surface area contributed by atoms with Crippen LogP contribution in [0.4, 0.5) is 0 Å². The van der Waals surface area contributed by atoms with E-state index in [4.69, 9.17) is 0 Å². The molecule has 0 fully saturated rings. The van der Waals surface area contributed by atoms with E-state index in [0.29, 0.717) is 0 Å². The van der Waals surface area contributed by atoms with Gasteiger partial charge in [0, 0.05) is 10.0 Å². The minimum Gasteiger partial charge on any atom is -0.0795 e. The Morgan fingerprint density at radius 1 is 0.850 bits per heavy atom. The molecule has 2 aromatic rings. The highest BCUT2D eigenvalue weighted by atomic mass is 79.9. The second-order valence-corrected chi connectivity index (χ2v) is 6.68. The van der Waals surface area contributed by atoms with Crippen LogP contribution in [0.15, 0.2) is 28.7 Å². The zero-order valence-corrected chi connectivity index (χ0v) is 14.1. The second-order valence-electron chi connectivity index (χ2n) is 5.82. The summed E-state index contributed by atoms with van der Waals surface area (Å²) in [6.07, 6.45) is 5.57. The van der Waals surface area contributed by atoms with Gasteiger partial charge >= 0.3 is 0 Å². The summed E-state index contributed by atoms with van der Waals surface area (Å²) in [4.78, 5) is 0. The molecule has 1 aliphatic carbocycles. The summed E-state index contributed by atoms with van der Waals surface area (Å²) in [6, 6.07) is 6.81. The maximum atomic E-state index is 3.80. The van der Waals surface area contributed by atoms with Crippen molar-refractivity contribution in [2.75, 3.05) is 0 Å². The van der Waals surface area contributed by atoms with E-state index in [1.54, 1.807) is 0 Å². The van der Waals surface area contributed by atoms with Crippen LogP contribution in [0.2, 0.25) is 0 Å². The summed E-state index contributed by atoms with van der Waals surface area (Å²) in [5.74, 6) is 0. The minimum atomic E-state index is 1.04. The second kappa shape index (κ2) is 4.89. The molecule has 2 aromatic carbocycles. The normalized spacial score (nSPS) is 12.8. The molecule has 0 radical (unpaired) electrons. The Morgan fingerprint density at radius 3 is 2.15 bits per heavy atom. The fourth-order valence-electron chi connectivity index (χ4n) is 3.44. The van der Waals surface area contributed by atoms with Crippen LogP contribution in [0.5, 0.6) is 0 Å². The molecule has 1 heteroatoms. The third kappa shape index (κ3) is 2.05. The number of aryl methyl sites for hydroxylation is 4. The van der Waals surface area contributed by atoms with Crippen molar-refractivity contribution in [1.29, 1.82) is 0 Å². The van der Waals surface area contributed by atoms with Crippen molar-refractivity contribution in [3.63, 3.8) is 0 Å². The predicted octanol–water partition coefficient (Wildman–Crippen LogP) is 5.92. The highest BCUT2D eigenvalue weighted by Gasteiger charge is 2.20. The molecule has 0 saturated heterocycles. The molecule has 0 aromatic heterocycles. The molecule has 0 spiro atoms. The number of hydrogen-bond acceptors (Lipinski definition) is 0. The van der Waals surface area contributed by atoms with E-state index in [1.165, 1.54) is 49.0 Å². The zero-order valence-electron chi connectivity index (χ0n) is 12.5. The first-order valence-electron chi connectivity index (χ1n) is 7.05. The number of benzene rings is 2. The van der Waals surface area contributed by atoms with Gasteiger partial charge < -0.3 is 0 Å². The van der Waals surface area contributed by atoms with Gasteiger partial charge in [-0.15, -0.1) is 0 Å². The molecule has 0 atom stereocenters. The molecule has 0 aliphatic heterocycles. The standard InChI is InChI=1S/C19H19Br/c1-11-8-13(3)18(14(4)9-11)19-16-7-5-6-15(16)12(2)10-17(19)20/h5-6,8-10H,7H2,1-4H3. The van der Waals surface area contributed by atoms with Crippen LogP contribution in [0.1, 0.15) is 33.4 Å². The first-order valence-corrected chi connectivity index (χ1v) is 7.85. The SMILES string of the molecule is Cc1cc(C)c(-c2c(Br)cc(C)c3c2CC=C3)c(C)c1. The summed E-state index contributed by atoms with van der Waals surface area (Å²) in [5, 5.41) is 0. The Hall–Kier alpha value is -1.34. The summed E-state index contributed by atoms with van der Waals surface area (Å²) < 4.78 is 1.22. The molecular formula is C19H19Br. The summed E-state index contributed by atoms with van der Waals surface area (Å²) in [5.41, 5.74) is 11.1. The molecule has 0 saturated carbocycles. The van der Waals surface area contributed by atoms with Gasteiger partial charge in [-0.3, -0.25) is 0 Å². The fraction of sp³-hybridized carbons (Fsp3) is 0.263. The van der Waals surface area contributed by atoms with Gasteiger partial charge in [0.25, 0.3) is 0 Å². The topological polar surface area (TPSA) is 0 Å². The number of hydrogen-bond donors (Lipinski definition) is 0. The smallest absolute Gasteiger partial charge is 0.0259 e. The van der Waals surface area contributed by atoms with Crippen LogP contribution in [-0.4, -0.2) is 0 Å². The van der Waals surface area contributed by atoms with Gasteiger partial charge in [0.15, 0.2) is 0 Å². The fourth-order valence-corrected chi connectivity index (χ4v) is 4.22. The van der Waals surface area contributed by atoms with Crippen molar-refractivity contribution < 1.29 is 0 Å². The molecule has 0 N–H and O–H groups in total. The van der Waals surface area contributed by atoms with Gasteiger partial charge in [0.2, 0.25) is 0 Å². The van der Waals surface area contributed by atoms with Crippen LogP contribution in [-0.2, 0) is 6.42 Å². The van der Waals surface area contributed by atoms with Gasteiger partial charge in [-0.2, -0.15) is 0 Å². The van der Waals surface area contributed by atoms with E-state index in [1.807, 2.05) is 0 Å². The molecular weight excluding hydrogens is 308 g/mol. The zero-order chi connectivity index (χ0) is 14.4. The predicted molar refractivity (Wildman–Crippen MR) is 91.3 cm³/mol. The van der Waals surface area contributed by atoms with Crippen molar-refractivity contribution in [1.82, 2.24) is 0 Å². The van der Waals surface area contributed by atoms with E-state index >= 15 is 0 Å². The van der Waals surface area contributed by atoms with Crippen molar-refractivity contribution in [2.24, 2.45) is 0 Å². The summed E-state index contributed by atoms with van der Waals surface area (Å²) in [6.45, 7) is 8.80. The first-order chi connectivity index (χ1) is 9.49. The average Bonchev–Trinajstić information content (AvgIpc) is 2.81. The Bertz CT molecular complexity index is 713. The van der Waals surface area contributed by atoms with Gasteiger partial charge in [-0.05, 0) is 73.6 Å². The molecule has 0 heterocycles. The summed E-state index contributed by atoms with van der Waals surface area (Å²) >= 11 is 3.80. The Kier molecular flexibility index (Phi) is 3.33. The molecule has 20 heavy (non-hydrogen) atoms. The number of fused-ring (bicyclic) bond motifs is 1. The number of allylic oxidation sites excluding steroid dienone is 1. The molecule has 0 amide bonds. The average molecular weight is 327 g/mol. The van der Waals surface area contributed by atoms with E-state index in [9.17, 15) is 0 Å². The Labute approximate surface area is 129 Å². The van der Waals surface area contributed by atoms with E-state index in [-0.39, 0.29) is 0 Å². The van der Waals surface area contributed by atoms with Crippen LogP contribution in [0.3, 0.4) is 0 Å². The van der Waals surface area contributed by atoms with Gasteiger partial charge in [0.05, 0.1) is 0 Å². The molecule has 1 aliphatic rings. The van der Waals surface area contributed by atoms with Gasteiger partial charge in [0.1, 0.15) is 0 Å². The van der Waals surface area contributed by atoms with Crippen molar-refractivity contribution in [3.8, 4) is 11.1 Å². The van der Waals surface area contributed by atoms with Gasteiger partial charge in [-0.25, -0.2) is 0 Å². The molecule has 0 nitrogen and oxygen atoms in total. The third-order valence-electron chi connectivity index (χ3n) is 4.17. The molecule has 0 bridgehead atoms. The van der Waals surface area contributed by atoms with Crippen molar-refractivity contribution in [2.45, 2.75) is 34.1 Å². The lowest BCUT2D eigenvalue weighted by molar-refractivity contribution is 1.25. The Balaban J connectivity index is 2.35. The van der Waals surface area contributed by atoms with E-state index in [0.717, 1.165) is 6.42 Å². The number of rotatable bonds is 1. The van der Waals surface area contributed by atoms with Crippen molar-refractivity contribution >= 4 is 22.0 Å². The highest BCUT2D eigenvalue weighted by Crippen LogP contribution is 2.41. The highest BCUT2D eigenvalue weighted by molar-refractivity contribution is 9.10. The molecule has 3 rings (SSSR count). The summed E-state index contributed by atoms with van der Waals surface area (Å²) in [7, 11) is 0. The quantitative estimate of drug-likeness (QED) is 0.610. The van der Waals surface area contributed by atoms with Crippen LogP contribution in [0.25, 0.3) is 17.2 Å². The van der Waals surface area contributed by atoms with Gasteiger partial charge in [-0.1, -0.05) is 45.8 Å². The molecule has 102 valence electrons. The van der Waals surface area contributed by atoms with Crippen LogP contribution < -0.4 is 0 Å². The minimum absolute atomic E-state index is 1.04. The monoisotopic (exact) mass is 326 g/mol. The first kappa shape index (κ1) is 13.6. The third-order valence-corrected chi connectivity index (χ3v) is 4.79. The van der Waals surface area contributed by atoms with E-state index in [2.05, 4.69) is 74.0 Å². The van der Waals surface area contributed by atoms with Crippen LogP contribution in [0, 0.1) is 27.7 Å². The maximum absolute atomic E-state index is 3.80. The number of halogens is 1. The lowest BCUT2D eigenvalue weighted by Gasteiger charge is -2.18. The van der Waals surface area contributed by atoms with E-state index < -0.39 is 0 Å². The molecule has 0 unspecified atom stereocenters. The lowest BCUT2D eigenvalue weighted by Crippen LogP contribution is -1.98.